The van der Waals surface area contributed by atoms with Crippen LogP contribution in [0.5, 0.6) is 0 Å². The molecule has 1 fully saturated rings. The SMILES string of the molecule is CCC[CH2][Sn]([CH2]CCC)([CH2]CCC)[CH]1C(c2ccccc2)CCS1(=O)=O. The first-order valence-corrected chi connectivity index (χ1v) is 20.2. The van der Waals surface area contributed by atoms with Gasteiger partial charge >= 0.3 is 166 Å². The molecule has 0 radical (unpaired) electrons. The quantitative estimate of drug-likeness (QED) is 0.343. The van der Waals surface area contributed by atoms with Crippen molar-refractivity contribution < 1.29 is 8.42 Å². The summed E-state index contributed by atoms with van der Waals surface area (Å²) in [5.41, 5.74) is 1.28. The minimum absolute atomic E-state index is 0.0175. The Bertz CT molecular complexity index is 605. The van der Waals surface area contributed by atoms with Crippen molar-refractivity contribution in [1.29, 1.82) is 0 Å². The summed E-state index contributed by atoms with van der Waals surface area (Å²) >= 11 is -2.84. The standard InChI is InChI=1S/C10H11O2S.3C4H9.Sn/c11-13(12)7-6-10(8-13)9-4-2-1-3-5-9;3*1-3-4-2;/h1-5,8,10H,6-7H2;3*1,3-4H2,2H3;. The van der Waals surface area contributed by atoms with Gasteiger partial charge in [0.2, 0.25) is 0 Å². The molecule has 1 heterocycles. The molecular weight excluding hydrogens is 447 g/mol. The summed E-state index contributed by atoms with van der Waals surface area (Å²) in [6, 6.07) is 10.6. The third-order valence-corrected chi connectivity index (χ3v) is 30.9. The Morgan fingerprint density at radius 1 is 0.885 bits per heavy atom. The van der Waals surface area contributed by atoms with Gasteiger partial charge in [-0.1, -0.05) is 0 Å². The number of unbranched alkanes of at least 4 members (excludes halogenated alkanes) is 3. The van der Waals surface area contributed by atoms with Crippen molar-refractivity contribution in [2.45, 2.75) is 88.2 Å². The maximum atomic E-state index is 13.3. The summed E-state index contributed by atoms with van der Waals surface area (Å²) in [4.78, 5) is 0. The fourth-order valence-electron chi connectivity index (χ4n) is 5.06. The molecular formula is C22H38O2SSn. The summed E-state index contributed by atoms with van der Waals surface area (Å²) in [5, 5.41) is 0. The van der Waals surface area contributed by atoms with E-state index in [2.05, 4.69) is 45.0 Å². The van der Waals surface area contributed by atoms with Gasteiger partial charge in [0.05, 0.1) is 0 Å². The van der Waals surface area contributed by atoms with Crippen LogP contribution < -0.4 is 0 Å². The van der Waals surface area contributed by atoms with Crippen molar-refractivity contribution in [3.8, 4) is 0 Å². The molecule has 0 saturated carbocycles. The number of benzene rings is 1. The van der Waals surface area contributed by atoms with Gasteiger partial charge in [-0.25, -0.2) is 0 Å². The van der Waals surface area contributed by atoms with E-state index >= 15 is 0 Å². The van der Waals surface area contributed by atoms with Gasteiger partial charge in [0.25, 0.3) is 0 Å². The second-order valence-corrected chi connectivity index (χ2v) is 25.5. The topological polar surface area (TPSA) is 34.1 Å². The first kappa shape index (κ1) is 22.3. The molecule has 0 bridgehead atoms. The van der Waals surface area contributed by atoms with Crippen LogP contribution in [-0.2, 0) is 9.84 Å². The Morgan fingerprint density at radius 3 is 1.85 bits per heavy atom. The fourth-order valence-corrected chi connectivity index (χ4v) is 34.4. The number of rotatable bonds is 11. The second-order valence-electron chi connectivity index (χ2n) is 8.27. The Kier molecular flexibility index (Phi) is 8.99. The van der Waals surface area contributed by atoms with Gasteiger partial charge < -0.3 is 0 Å². The minimum atomic E-state index is -2.94. The van der Waals surface area contributed by atoms with Gasteiger partial charge in [0.1, 0.15) is 0 Å². The molecule has 1 saturated heterocycles. The number of hydrogen-bond donors (Lipinski definition) is 0. The first-order chi connectivity index (χ1) is 12.5. The second kappa shape index (κ2) is 10.5. The summed E-state index contributed by atoms with van der Waals surface area (Å²) in [6.45, 7) is 6.77. The van der Waals surface area contributed by atoms with E-state index in [1.165, 1.54) is 57.4 Å². The molecule has 0 spiro atoms. The molecule has 4 heteroatoms. The average molecular weight is 485 g/mol. The van der Waals surface area contributed by atoms with Crippen molar-refractivity contribution in [2.75, 3.05) is 5.75 Å². The summed E-state index contributed by atoms with van der Waals surface area (Å²) in [6.07, 6.45) is 8.13. The van der Waals surface area contributed by atoms with Gasteiger partial charge in [0.15, 0.2) is 0 Å². The molecule has 2 atom stereocenters. The zero-order valence-corrected chi connectivity index (χ0v) is 20.7. The molecule has 1 aliphatic heterocycles. The van der Waals surface area contributed by atoms with E-state index in [1.54, 1.807) is 0 Å². The normalized spacial score (nSPS) is 22.6. The van der Waals surface area contributed by atoms with E-state index < -0.39 is 28.2 Å². The summed E-state index contributed by atoms with van der Waals surface area (Å²) in [7, 11) is -2.94. The van der Waals surface area contributed by atoms with Crippen molar-refractivity contribution >= 4 is 28.2 Å². The Morgan fingerprint density at radius 2 is 1.38 bits per heavy atom. The molecule has 1 aromatic carbocycles. The Labute approximate surface area is 166 Å². The summed E-state index contributed by atoms with van der Waals surface area (Å²) < 4.78 is 30.5. The van der Waals surface area contributed by atoms with Crippen molar-refractivity contribution in [1.82, 2.24) is 0 Å². The van der Waals surface area contributed by atoms with Crippen molar-refractivity contribution in [3.63, 3.8) is 0 Å². The first-order valence-electron chi connectivity index (χ1n) is 10.8. The number of hydrogen-bond acceptors (Lipinski definition) is 2. The van der Waals surface area contributed by atoms with Gasteiger partial charge in [-0.15, -0.1) is 0 Å². The molecule has 2 rings (SSSR count). The molecule has 148 valence electrons. The zero-order valence-electron chi connectivity index (χ0n) is 17.0. The van der Waals surface area contributed by atoms with Crippen LogP contribution in [0.15, 0.2) is 30.3 Å². The fraction of sp³-hybridized carbons (Fsp3) is 0.727. The molecule has 26 heavy (non-hydrogen) atoms. The van der Waals surface area contributed by atoms with Gasteiger partial charge in [0, 0.05) is 0 Å². The van der Waals surface area contributed by atoms with Gasteiger partial charge in [-0.3, -0.25) is 0 Å². The molecule has 1 aliphatic rings. The van der Waals surface area contributed by atoms with E-state index in [0.717, 1.165) is 6.42 Å². The maximum absolute atomic E-state index is 13.3. The summed E-state index contributed by atoms with van der Waals surface area (Å²) in [5.74, 6) is 0.683. The van der Waals surface area contributed by atoms with Crippen LogP contribution in [0.2, 0.25) is 13.3 Å². The van der Waals surface area contributed by atoms with E-state index in [4.69, 9.17) is 0 Å². The molecule has 0 aliphatic carbocycles. The van der Waals surface area contributed by atoms with Crippen LogP contribution in [0.4, 0.5) is 0 Å². The van der Waals surface area contributed by atoms with E-state index in [-0.39, 0.29) is 9.18 Å². The van der Waals surface area contributed by atoms with Crippen LogP contribution in [-0.4, -0.2) is 35.8 Å². The van der Waals surface area contributed by atoms with Crippen LogP contribution >= 0.6 is 0 Å². The van der Waals surface area contributed by atoms with Gasteiger partial charge in [-0.2, -0.15) is 0 Å². The molecule has 2 nitrogen and oxygen atoms in total. The predicted octanol–water partition coefficient (Wildman–Crippen LogP) is 6.35. The average Bonchev–Trinajstić information content (AvgIpc) is 2.98. The third-order valence-electron chi connectivity index (χ3n) is 6.38. The van der Waals surface area contributed by atoms with Crippen LogP contribution in [0.1, 0.15) is 77.2 Å². The Hall–Kier alpha value is -0.0313. The zero-order chi connectivity index (χ0) is 19.0. The Balaban J connectivity index is 2.47. The molecule has 0 aromatic heterocycles. The van der Waals surface area contributed by atoms with Gasteiger partial charge in [-0.05, 0) is 0 Å². The predicted molar refractivity (Wildman–Crippen MR) is 116 cm³/mol. The van der Waals surface area contributed by atoms with Crippen LogP contribution in [0, 0.1) is 0 Å². The third kappa shape index (κ3) is 5.27. The van der Waals surface area contributed by atoms with Crippen molar-refractivity contribution in [3.05, 3.63) is 35.9 Å². The monoisotopic (exact) mass is 486 g/mol. The molecule has 0 N–H and O–H groups in total. The van der Waals surface area contributed by atoms with E-state index in [1.807, 2.05) is 6.07 Å². The number of sulfone groups is 1. The van der Waals surface area contributed by atoms with Crippen LogP contribution in [0.25, 0.3) is 0 Å². The van der Waals surface area contributed by atoms with E-state index in [9.17, 15) is 8.42 Å². The molecule has 0 amide bonds. The molecule has 1 aromatic rings. The van der Waals surface area contributed by atoms with E-state index in [0.29, 0.717) is 5.75 Å². The van der Waals surface area contributed by atoms with Crippen molar-refractivity contribution in [2.24, 2.45) is 0 Å². The van der Waals surface area contributed by atoms with Crippen LogP contribution in [0.3, 0.4) is 0 Å². The molecule has 2 unspecified atom stereocenters.